The fraction of sp³-hybridized carbons (Fsp3) is 0.400. The van der Waals surface area contributed by atoms with Gasteiger partial charge in [-0.2, -0.15) is 0 Å². The minimum absolute atomic E-state index is 0. The molecule has 0 radical (unpaired) electrons. The number of rotatable bonds is 9. The summed E-state index contributed by atoms with van der Waals surface area (Å²) < 4.78 is 0. The van der Waals surface area contributed by atoms with Gasteiger partial charge in [0.15, 0.2) is 5.96 Å². The average molecular weight is 500 g/mol. The molecule has 0 aliphatic heterocycles. The van der Waals surface area contributed by atoms with E-state index in [1.54, 1.807) is 11.3 Å². The van der Waals surface area contributed by atoms with Crippen LogP contribution in [0.4, 0.5) is 0 Å². The van der Waals surface area contributed by atoms with Gasteiger partial charge in [-0.05, 0) is 30.4 Å². The molecule has 2 rings (SSSR count). The van der Waals surface area contributed by atoms with Gasteiger partial charge in [-0.1, -0.05) is 43.3 Å². The summed E-state index contributed by atoms with van der Waals surface area (Å²) in [5.41, 5.74) is 1.22. The Hall–Kier alpha value is -1.61. The van der Waals surface area contributed by atoms with Crippen molar-refractivity contribution in [3.8, 4) is 0 Å². The first kappa shape index (κ1) is 23.4. The van der Waals surface area contributed by atoms with Crippen LogP contribution in [0.25, 0.3) is 0 Å². The number of hydrogen-bond acceptors (Lipinski definition) is 3. The fourth-order valence-electron chi connectivity index (χ4n) is 2.46. The molecular formula is C20H29IN4OS. The standard InChI is InChI=1S/C20H28N4OS.HI/c1-3-21-20(23-14-16(2)18-10-7-13-26-18)24-15-19(25)22-12-11-17-8-5-4-6-9-17;/h4-10,13,16H,3,11-12,14-15H2,1-2H3,(H,22,25)(H2,21,23,24);1H. The van der Waals surface area contributed by atoms with Crippen LogP contribution in [0.3, 0.4) is 0 Å². The zero-order valence-corrected chi connectivity index (χ0v) is 19.1. The predicted molar refractivity (Wildman–Crippen MR) is 125 cm³/mol. The third-order valence-corrected chi connectivity index (χ3v) is 5.01. The molecule has 1 aromatic carbocycles. The lowest BCUT2D eigenvalue weighted by Crippen LogP contribution is -2.40. The van der Waals surface area contributed by atoms with Crippen LogP contribution in [0, 0.1) is 0 Å². The van der Waals surface area contributed by atoms with Crippen LogP contribution in [0.15, 0.2) is 52.8 Å². The average Bonchev–Trinajstić information content (AvgIpc) is 3.19. The highest BCUT2D eigenvalue weighted by molar-refractivity contribution is 14.0. The maximum absolute atomic E-state index is 12.0. The van der Waals surface area contributed by atoms with Crippen molar-refractivity contribution in [2.75, 3.05) is 26.2 Å². The monoisotopic (exact) mass is 500 g/mol. The first-order chi connectivity index (χ1) is 12.7. The summed E-state index contributed by atoms with van der Waals surface area (Å²) in [6, 6.07) is 14.3. The molecule has 0 saturated heterocycles. The van der Waals surface area contributed by atoms with E-state index in [1.807, 2.05) is 25.1 Å². The minimum atomic E-state index is -0.0653. The number of thiophene rings is 1. The Morgan fingerprint density at radius 2 is 1.89 bits per heavy atom. The maximum atomic E-state index is 12.0. The molecule has 1 heterocycles. The molecule has 0 aliphatic rings. The van der Waals surface area contributed by atoms with Crippen molar-refractivity contribution >= 4 is 47.2 Å². The van der Waals surface area contributed by atoms with Crippen molar-refractivity contribution < 1.29 is 4.79 Å². The van der Waals surface area contributed by atoms with Crippen LogP contribution in [0.1, 0.15) is 30.2 Å². The second-order valence-electron chi connectivity index (χ2n) is 6.08. The summed E-state index contributed by atoms with van der Waals surface area (Å²) in [7, 11) is 0. The summed E-state index contributed by atoms with van der Waals surface area (Å²) in [6.07, 6.45) is 0.826. The fourth-order valence-corrected chi connectivity index (χ4v) is 3.25. The predicted octanol–water partition coefficient (Wildman–Crippen LogP) is 3.38. The van der Waals surface area contributed by atoms with Gasteiger partial charge < -0.3 is 16.0 Å². The van der Waals surface area contributed by atoms with Crippen LogP contribution >= 0.6 is 35.3 Å². The van der Waals surface area contributed by atoms with Crippen LogP contribution < -0.4 is 16.0 Å². The van der Waals surface area contributed by atoms with Crippen molar-refractivity contribution in [1.29, 1.82) is 0 Å². The Bertz CT molecular complexity index is 677. The number of carbonyl (C=O) groups excluding carboxylic acids is 1. The minimum Gasteiger partial charge on any atom is -0.357 e. The number of amides is 1. The number of carbonyl (C=O) groups is 1. The molecule has 148 valence electrons. The lowest BCUT2D eigenvalue weighted by molar-refractivity contribution is -0.119. The molecule has 1 aromatic heterocycles. The molecule has 5 nitrogen and oxygen atoms in total. The molecule has 1 amide bonds. The summed E-state index contributed by atoms with van der Waals surface area (Å²) in [6.45, 7) is 6.48. The number of benzene rings is 1. The van der Waals surface area contributed by atoms with Gasteiger partial charge in [0.25, 0.3) is 0 Å². The topological polar surface area (TPSA) is 65.5 Å². The van der Waals surface area contributed by atoms with Crippen molar-refractivity contribution in [1.82, 2.24) is 16.0 Å². The number of nitrogens with zero attached hydrogens (tertiary/aromatic N) is 1. The van der Waals surface area contributed by atoms with Gasteiger partial charge in [-0.25, -0.2) is 4.99 Å². The van der Waals surface area contributed by atoms with Gasteiger partial charge in [-0.3, -0.25) is 4.79 Å². The van der Waals surface area contributed by atoms with Crippen LogP contribution in [-0.2, 0) is 11.2 Å². The molecule has 7 heteroatoms. The molecule has 0 aliphatic carbocycles. The molecule has 3 N–H and O–H groups in total. The van der Waals surface area contributed by atoms with Crippen molar-refractivity contribution in [3.05, 3.63) is 58.3 Å². The molecule has 0 fully saturated rings. The van der Waals surface area contributed by atoms with Gasteiger partial charge >= 0.3 is 0 Å². The van der Waals surface area contributed by atoms with E-state index in [-0.39, 0.29) is 36.4 Å². The van der Waals surface area contributed by atoms with Crippen LogP contribution in [-0.4, -0.2) is 38.0 Å². The highest BCUT2D eigenvalue weighted by atomic mass is 127. The third-order valence-electron chi connectivity index (χ3n) is 3.91. The summed E-state index contributed by atoms with van der Waals surface area (Å²) >= 11 is 1.76. The Morgan fingerprint density at radius 1 is 1.11 bits per heavy atom. The second-order valence-corrected chi connectivity index (χ2v) is 7.06. The number of aliphatic imine (C=N–C) groups is 1. The first-order valence-corrected chi connectivity index (χ1v) is 9.93. The lowest BCUT2D eigenvalue weighted by Gasteiger charge is -2.15. The summed E-state index contributed by atoms with van der Waals surface area (Å²) in [4.78, 5) is 17.7. The van der Waals surface area contributed by atoms with Crippen molar-refractivity contribution in [3.63, 3.8) is 0 Å². The van der Waals surface area contributed by atoms with Gasteiger partial charge in [0, 0.05) is 30.4 Å². The highest BCUT2D eigenvalue weighted by Gasteiger charge is 2.08. The molecule has 2 aromatic rings. The smallest absolute Gasteiger partial charge is 0.241 e. The van der Waals surface area contributed by atoms with E-state index in [1.165, 1.54) is 10.4 Å². The third kappa shape index (κ3) is 9.23. The lowest BCUT2D eigenvalue weighted by atomic mass is 10.1. The molecule has 0 bridgehead atoms. The van der Waals surface area contributed by atoms with Crippen LogP contribution in [0.2, 0.25) is 0 Å². The maximum Gasteiger partial charge on any atom is 0.241 e. The summed E-state index contributed by atoms with van der Waals surface area (Å²) in [5, 5.41) is 11.5. The van der Waals surface area contributed by atoms with Gasteiger partial charge in [0.1, 0.15) is 6.54 Å². The van der Waals surface area contributed by atoms with Crippen molar-refractivity contribution in [2.45, 2.75) is 26.2 Å². The Balaban J connectivity index is 0.00000364. The number of halogens is 1. The van der Waals surface area contributed by atoms with E-state index >= 15 is 0 Å². The SMILES string of the molecule is CCNC(=NCC(=O)NCCc1ccccc1)NCC(C)c1cccs1.I. The molecule has 1 unspecified atom stereocenters. The Morgan fingerprint density at radius 3 is 2.56 bits per heavy atom. The van der Waals surface area contributed by atoms with Gasteiger partial charge in [0.2, 0.25) is 5.91 Å². The quantitative estimate of drug-likeness (QED) is 0.281. The zero-order chi connectivity index (χ0) is 18.6. The second kappa shape index (κ2) is 13.5. The van der Waals surface area contributed by atoms with Crippen molar-refractivity contribution in [2.24, 2.45) is 4.99 Å². The highest BCUT2D eigenvalue weighted by Crippen LogP contribution is 2.19. The van der Waals surface area contributed by atoms with E-state index in [2.05, 4.69) is 57.5 Å². The van der Waals surface area contributed by atoms with Crippen LogP contribution in [0.5, 0.6) is 0 Å². The van der Waals surface area contributed by atoms with Gasteiger partial charge in [0.05, 0.1) is 0 Å². The largest absolute Gasteiger partial charge is 0.357 e. The molecule has 27 heavy (non-hydrogen) atoms. The molecule has 0 saturated carbocycles. The van der Waals surface area contributed by atoms with Gasteiger partial charge in [-0.15, -0.1) is 35.3 Å². The molecule has 0 spiro atoms. The van der Waals surface area contributed by atoms with E-state index in [0.29, 0.717) is 18.4 Å². The first-order valence-electron chi connectivity index (χ1n) is 9.05. The number of hydrogen-bond donors (Lipinski definition) is 3. The normalized spacial score (nSPS) is 12.0. The Labute approximate surface area is 183 Å². The number of guanidine groups is 1. The molecule has 1 atom stereocenters. The molecular weight excluding hydrogens is 471 g/mol. The summed E-state index contributed by atoms with van der Waals surface area (Å²) in [5.74, 6) is 1.01. The van der Waals surface area contributed by atoms with E-state index < -0.39 is 0 Å². The van der Waals surface area contributed by atoms with E-state index in [4.69, 9.17) is 0 Å². The zero-order valence-electron chi connectivity index (χ0n) is 15.9. The Kier molecular flexibility index (Phi) is 11.8. The number of nitrogens with one attached hydrogen (secondary N) is 3. The van der Waals surface area contributed by atoms with E-state index in [0.717, 1.165) is 19.5 Å². The van der Waals surface area contributed by atoms with E-state index in [9.17, 15) is 4.79 Å².